The van der Waals surface area contributed by atoms with E-state index in [1.165, 1.54) is 36.9 Å². The smallest absolute Gasteiger partial charge is 0.143 e. The molecule has 1 N–H and O–H groups in total. The van der Waals surface area contributed by atoms with E-state index in [-0.39, 0.29) is 0 Å². The average molecular weight is 271 g/mol. The summed E-state index contributed by atoms with van der Waals surface area (Å²) in [6.45, 7) is 4.43. The maximum Gasteiger partial charge on any atom is 0.143 e. The summed E-state index contributed by atoms with van der Waals surface area (Å²) in [7, 11) is 0. The van der Waals surface area contributed by atoms with Crippen molar-refractivity contribution < 1.29 is 0 Å². The first-order chi connectivity index (χ1) is 9.78. The number of anilines is 1. The quantitative estimate of drug-likeness (QED) is 0.929. The zero-order valence-electron chi connectivity index (χ0n) is 12.1. The van der Waals surface area contributed by atoms with Crippen molar-refractivity contribution in [1.82, 2.24) is 20.2 Å². The van der Waals surface area contributed by atoms with Crippen molar-refractivity contribution in [1.29, 1.82) is 0 Å². The maximum atomic E-state index is 3.95. The number of hydrogen-bond acceptors (Lipinski definition) is 4. The standard InChI is InChI=1S/C15H21N5/c1-3-12-5-4-6-14(12)17-15-9-13(8-7-11(15)2)20-10-16-18-19-20/h7-10,12,14,17H,3-6H2,1-2H3. The van der Waals surface area contributed by atoms with Gasteiger partial charge in [0.1, 0.15) is 6.33 Å². The number of benzene rings is 1. The fourth-order valence-electron chi connectivity index (χ4n) is 3.10. The average Bonchev–Trinajstić information content (AvgIpc) is 3.12. The Morgan fingerprint density at radius 1 is 1.35 bits per heavy atom. The summed E-state index contributed by atoms with van der Waals surface area (Å²) < 4.78 is 1.69. The Kier molecular flexibility index (Phi) is 3.67. The van der Waals surface area contributed by atoms with Gasteiger partial charge in [-0.05, 0) is 53.8 Å². The minimum absolute atomic E-state index is 0.600. The van der Waals surface area contributed by atoms with Crippen molar-refractivity contribution in [3.8, 4) is 5.69 Å². The predicted molar refractivity (Wildman–Crippen MR) is 78.9 cm³/mol. The second-order valence-corrected chi connectivity index (χ2v) is 5.60. The van der Waals surface area contributed by atoms with E-state index < -0.39 is 0 Å². The summed E-state index contributed by atoms with van der Waals surface area (Å²) >= 11 is 0. The molecule has 0 amide bonds. The molecule has 5 nitrogen and oxygen atoms in total. The van der Waals surface area contributed by atoms with Gasteiger partial charge in [-0.3, -0.25) is 0 Å². The first-order valence-electron chi connectivity index (χ1n) is 7.38. The molecule has 1 saturated carbocycles. The molecule has 3 rings (SSSR count). The van der Waals surface area contributed by atoms with Crippen LogP contribution < -0.4 is 5.32 Å². The molecular weight excluding hydrogens is 250 g/mol. The maximum absolute atomic E-state index is 3.95. The van der Waals surface area contributed by atoms with Crippen LogP contribution in [0.15, 0.2) is 24.5 Å². The summed E-state index contributed by atoms with van der Waals surface area (Å²) in [4.78, 5) is 0. The van der Waals surface area contributed by atoms with Crippen LogP contribution in [0, 0.1) is 12.8 Å². The monoisotopic (exact) mass is 271 g/mol. The molecule has 0 bridgehead atoms. The van der Waals surface area contributed by atoms with Crippen molar-refractivity contribution >= 4 is 5.69 Å². The van der Waals surface area contributed by atoms with Gasteiger partial charge in [0.05, 0.1) is 5.69 Å². The number of nitrogens with one attached hydrogen (secondary N) is 1. The van der Waals surface area contributed by atoms with E-state index in [0.29, 0.717) is 6.04 Å². The molecular formula is C15H21N5. The fraction of sp³-hybridized carbons (Fsp3) is 0.533. The molecule has 1 fully saturated rings. The highest BCUT2D eigenvalue weighted by Crippen LogP contribution is 2.32. The summed E-state index contributed by atoms with van der Waals surface area (Å²) in [5, 5.41) is 15.1. The van der Waals surface area contributed by atoms with Crippen molar-refractivity contribution in [2.75, 3.05) is 5.32 Å². The zero-order valence-corrected chi connectivity index (χ0v) is 12.1. The largest absolute Gasteiger partial charge is 0.382 e. The molecule has 0 aliphatic heterocycles. The number of rotatable bonds is 4. The molecule has 1 aromatic heterocycles. The van der Waals surface area contributed by atoms with E-state index in [4.69, 9.17) is 0 Å². The molecule has 20 heavy (non-hydrogen) atoms. The van der Waals surface area contributed by atoms with Gasteiger partial charge in [0.2, 0.25) is 0 Å². The van der Waals surface area contributed by atoms with Crippen LogP contribution in [0.1, 0.15) is 38.2 Å². The lowest BCUT2D eigenvalue weighted by molar-refractivity contribution is 0.489. The summed E-state index contributed by atoms with van der Waals surface area (Å²) in [6, 6.07) is 6.90. The fourth-order valence-corrected chi connectivity index (χ4v) is 3.10. The first kappa shape index (κ1) is 13.1. The van der Waals surface area contributed by atoms with Gasteiger partial charge in [0.25, 0.3) is 0 Å². The van der Waals surface area contributed by atoms with Crippen LogP contribution >= 0.6 is 0 Å². The number of nitrogens with zero attached hydrogens (tertiary/aromatic N) is 4. The molecule has 106 valence electrons. The Morgan fingerprint density at radius 3 is 3.00 bits per heavy atom. The molecule has 2 atom stereocenters. The highest BCUT2D eigenvalue weighted by Gasteiger charge is 2.25. The Labute approximate surface area is 119 Å². The normalized spacial score (nSPS) is 22.1. The van der Waals surface area contributed by atoms with Gasteiger partial charge in [-0.1, -0.05) is 25.8 Å². The third-order valence-corrected chi connectivity index (χ3v) is 4.36. The topological polar surface area (TPSA) is 55.6 Å². The number of aryl methyl sites for hydroxylation is 1. The third-order valence-electron chi connectivity index (χ3n) is 4.36. The molecule has 0 radical (unpaired) electrons. The van der Waals surface area contributed by atoms with Gasteiger partial charge < -0.3 is 5.32 Å². The van der Waals surface area contributed by atoms with E-state index >= 15 is 0 Å². The predicted octanol–water partition coefficient (Wildman–Crippen LogP) is 2.96. The van der Waals surface area contributed by atoms with Crippen LogP contribution in [0.5, 0.6) is 0 Å². The molecule has 0 saturated heterocycles. The molecule has 1 aliphatic rings. The van der Waals surface area contributed by atoms with Crippen molar-refractivity contribution in [2.45, 2.75) is 45.6 Å². The van der Waals surface area contributed by atoms with Gasteiger partial charge in [0, 0.05) is 11.7 Å². The summed E-state index contributed by atoms with van der Waals surface area (Å²) in [5.41, 5.74) is 3.46. The van der Waals surface area contributed by atoms with E-state index in [1.807, 2.05) is 6.07 Å². The minimum Gasteiger partial charge on any atom is -0.382 e. The molecule has 1 heterocycles. The molecule has 1 aliphatic carbocycles. The second-order valence-electron chi connectivity index (χ2n) is 5.60. The van der Waals surface area contributed by atoms with Crippen molar-refractivity contribution in [3.05, 3.63) is 30.1 Å². The van der Waals surface area contributed by atoms with Gasteiger partial charge in [-0.15, -0.1) is 5.10 Å². The van der Waals surface area contributed by atoms with Crippen molar-refractivity contribution in [3.63, 3.8) is 0 Å². The van der Waals surface area contributed by atoms with E-state index in [9.17, 15) is 0 Å². The van der Waals surface area contributed by atoms with Crippen molar-refractivity contribution in [2.24, 2.45) is 5.92 Å². The highest BCUT2D eigenvalue weighted by atomic mass is 15.5. The summed E-state index contributed by atoms with van der Waals surface area (Å²) in [5.74, 6) is 0.797. The van der Waals surface area contributed by atoms with Gasteiger partial charge in [0.15, 0.2) is 0 Å². The minimum atomic E-state index is 0.600. The van der Waals surface area contributed by atoms with Crippen LogP contribution in [0.4, 0.5) is 5.69 Å². The Bertz CT molecular complexity index is 564. The number of tetrazole rings is 1. The Hall–Kier alpha value is -1.91. The lowest BCUT2D eigenvalue weighted by Gasteiger charge is -2.22. The first-order valence-corrected chi connectivity index (χ1v) is 7.38. The number of aromatic nitrogens is 4. The van der Waals surface area contributed by atoms with Gasteiger partial charge in [-0.2, -0.15) is 0 Å². The molecule has 0 spiro atoms. The van der Waals surface area contributed by atoms with E-state index in [0.717, 1.165) is 11.6 Å². The van der Waals surface area contributed by atoms with Crippen LogP contribution in [0.2, 0.25) is 0 Å². The molecule has 2 unspecified atom stereocenters. The van der Waals surface area contributed by atoms with Gasteiger partial charge >= 0.3 is 0 Å². The van der Waals surface area contributed by atoms with E-state index in [1.54, 1.807) is 11.0 Å². The van der Waals surface area contributed by atoms with Crippen LogP contribution in [0.25, 0.3) is 5.69 Å². The number of hydrogen-bond donors (Lipinski definition) is 1. The zero-order chi connectivity index (χ0) is 13.9. The van der Waals surface area contributed by atoms with Crippen LogP contribution in [-0.2, 0) is 0 Å². The lowest BCUT2D eigenvalue weighted by atomic mass is 10.00. The molecule has 2 aromatic rings. The third kappa shape index (κ3) is 2.53. The molecule has 5 heteroatoms. The highest BCUT2D eigenvalue weighted by molar-refractivity contribution is 5.57. The molecule has 1 aromatic carbocycles. The SMILES string of the molecule is CCC1CCCC1Nc1cc(-n2cnnn2)ccc1C. The Balaban J connectivity index is 1.83. The van der Waals surface area contributed by atoms with Gasteiger partial charge in [-0.25, -0.2) is 4.68 Å². The Morgan fingerprint density at radius 2 is 2.25 bits per heavy atom. The van der Waals surface area contributed by atoms with E-state index in [2.05, 4.69) is 46.8 Å². The summed E-state index contributed by atoms with van der Waals surface area (Å²) in [6.07, 6.45) is 6.83. The second kappa shape index (κ2) is 5.61. The van der Waals surface area contributed by atoms with Crippen LogP contribution in [-0.4, -0.2) is 26.2 Å². The lowest BCUT2D eigenvalue weighted by Crippen LogP contribution is -2.24. The van der Waals surface area contributed by atoms with Crippen LogP contribution in [0.3, 0.4) is 0 Å².